The average molecular weight is 353 g/mol. The van der Waals surface area contributed by atoms with Gasteiger partial charge in [0.15, 0.2) is 0 Å². The van der Waals surface area contributed by atoms with Crippen LogP contribution >= 0.6 is 15.9 Å². The number of ether oxygens (including phenoxy) is 2. The second-order valence-electron chi connectivity index (χ2n) is 4.40. The Labute approximate surface area is 130 Å². The minimum Gasteiger partial charge on any atom is -0.489 e. The van der Waals surface area contributed by atoms with E-state index in [1.807, 2.05) is 18.2 Å². The molecule has 21 heavy (non-hydrogen) atoms. The highest BCUT2D eigenvalue weighted by Crippen LogP contribution is 2.22. The zero-order valence-electron chi connectivity index (χ0n) is 11.4. The monoisotopic (exact) mass is 352 g/mol. The van der Waals surface area contributed by atoms with Crippen molar-refractivity contribution in [2.24, 2.45) is 0 Å². The molecule has 2 aromatic rings. The molecule has 0 N–H and O–H groups in total. The summed E-state index contributed by atoms with van der Waals surface area (Å²) in [6.45, 7) is 0.289. The molecular weight excluding hydrogens is 339 g/mol. The summed E-state index contributed by atoms with van der Waals surface area (Å²) in [4.78, 5) is 11.4. The Morgan fingerprint density at radius 2 is 2.00 bits per heavy atom. The first-order valence-electron chi connectivity index (χ1n) is 6.31. The number of benzene rings is 2. The Morgan fingerprint density at radius 1 is 1.24 bits per heavy atom. The van der Waals surface area contributed by atoms with Gasteiger partial charge >= 0.3 is 5.97 Å². The molecule has 0 unspecified atom stereocenters. The average Bonchev–Trinajstić information content (AvgIpc) is 2.49. The third-order valence-electron chi connectivity index (χ3n) is 2.91. The van der Waals surface area contributed by atoms with E-state index in [9.17, 15) is 9.18 Å². The van der Waals surface area contributed by atoms with E-state index in [1.165, 1.54) is 13.2 Å². The van der Waals surface area contributed by atoms with Gasteiger partial charge in [0.25, 0.3) is 0 Å². The van der Waals surface area contributed by atoms with Crippen LogP contribution in [0.3, 0.4) is 0 Å². The van der Waals surface area contributed by atoms with Crippen molar-refractivity contribution in [2.75, 3.05) is 7.11 Å². The predicted octanol–water partition coefficient (Wildman–Crippen LogP) is 3.88. The molecule has 2 rings (SSSR count). The van der Waals surface area contributed by atoms with Gasteiger partial charge in [-0.2, -0.15) is 0 Å². The molecule has 0 spiro atoms. The number of halogens is 2. The summed E-state index contributed by atoms with van der Waals surface area (Å²) in [5, 5.41) is 0. The first kappa shape index (κ1) is 15.5. The van der Waals surface area contributed by atoms with Crippen LogP contribution in [0.5, 0.6) is 5.75 Å². The Morgan fingerprint density at radius 3 is 2.71 bits per heavy atom. The fourth-order valence-electron chi connectivity index (χ4n) is 1.81. The summed E-state index contributed by atoms with van der Waals surface area (Å²) in [7, 11) is 1.35. The molecule has 0 aliphatic rings. The molecule has 5 heteroatoms. The van der Waals surface area contributed by atoms with Gasteiger partial charge in [-0.3, -0.25) is 4.79 Å². The number of rotatable bonds is 5. The smallest absolute Gasteiger partial charge is 0.310 e. The van der Waals surface area contributed by atoms with Gasteiger partial charge in [0, 0.05) is 5.56 Å². The second kappa shape index (κ2) is 7.22. The van der Waals surface area contributed by atoms with Crippen LogP contribution in [0, 0.1) is 5.82 Å². The number of carbonyl (C=O) groups excluding carboxylic acids is 1. The van der Waals surface area contributed by atoms with Crippen LogP contribution in [0.15, 0.2) is 46.9 Å². The van der Waals surface area contributed by atoms with E-state index in [1.54, 1.807) is 18.2 Å². The fraction of sp³-hybridized carbons (Fsp3) is 0.188. The summed E-state index contributed by atoms with van der Waals surface area (Å²) in [5.41, 5.74) is 1.58. The molecule has 0 saturated carbocycles. The van der Waals surface area contributed by atoms with Crippen LogP contribution in [-0.2, 0) is 22.6 Å². The molecule has 2 aromatic carbocycles. The van der Waals surface area contributed by atoms with Gasteiger partial charge in [-0.05, 0) is 39.7 Å². The van der Waals surface area contributed by atoms with Crippen molar-refractivity contribution in [3.63, 3.8) is 0 Å². The summed E-state index contributed by atoms with van der Waals surface area (Å²) in [5.74, 6) is -0.0243. The molecule has 0 aliphatic heterocycles. The van der Waals surface area contributed by atoms with Crippen LogP contribution in [0.1, 0.15) is 11.1 Å². The molecule has 0 atom stereocenters. The van der Waals surface area contributed by atoms with Crippen molar-refractivity contribution in [1.29, 1.82) is 0 Å². The lowest BCUT2D eigenvalue weighted by molar-refractivity contribution is -0.139. The zero-order valence-corrected chi connectivity index (χ0v) is 13.0. The van der Waals surface area contributed by atoms with E-state index in [4.69, 9.17) is 4.74 Å². The van der Waals surface area contributed by atoms with Crippen LogP contribution in [0.25, 0.3) is 0 Å². The Hall–Kier alpha value is -1.88. The maximum atomic E-state index is 13.2. The van der Waals surface area contributed by atoms with Gasteiger partial charge in [0.1, 0.15) is 18.2 Å². The number of para-hydroxylation sites is 1. The van der Waals surface area contributed by atoms with Crippen molar-refractivity contribution in [1.82, 2.24) is 0 Å². The normalized spacial score (nSPS) is 10.2. The van der Waals surface area contributed by atoms with E-state index in [2.05, 4.69) is 20.7 Å². The molecule has 0 aliphatic carbocycles. The van der Waals surface area contributed by atoms with Gasteiger partial charge in [-0.15, -0.1) is 0 Å². The highest BCUT2D eigenvalue weighted by molar-refractivity contribution is 9.10. The number of hydrogen-bond acceptors (Lipinski definition) is 3. The van der Waals surface area contributed by atoms with Gasteiger partial charge < -0.3 is 9.47 Å². The van der Waals surface area contributed by atoms with Crippen LogP contribution in [0.2, 0.25) is 0 Å². The third-order valence-corrected chi connectivity index (χ3v) is 3.52. The Kier molecular flexibility index (Phi) is 5.33. The molecular formula is C16H14BrFO3. The maximum Gasteiger partial charge on any atom is 0.310 e. The molecule has 0 radical (unpaired) electrons. The van der Waals surface area contributed by atoms with Gasteiger partial charge in [0.05, 0.1) is 18.0 Å². The van der Waals surface area contributed by atoms with E-state index in [-0.39, 0.29) is 24.8 Å². The highest BCUT2D eigenvalue weighted by Gasteiger charge is 2.09. The van der Waals surface area contributed by atoms with Crippen LogP contribution in [-0.4, -0.2) is 13.1 Å². The highest BCUT2D eigenvalue weighted by atomic mass is 79.9. The maximum absolute atomic E-state index is 13.2. The van der Waals surface area contributed by atoms with Gasteiger partial charge in [0.2, 0.25) is 0 Å². The molecule has 0 saturated heterocycles. The summed E-state index contributed by atoms with van der Waals surface area (Å²) < 4.78 is 23.9. The SMILES string of the molecule is COC(=O)Cc1ccccc1OCc1ccc(F)c(Br)c1. The molecule has 3 nitrogen and oxygen atoms in total. The van der Waals surface area contributed by atoms with E-state index in [0.29, 0.717) is 10.2 Å². The minimum absolute atomic E-state index is 0.153. The van der Waals surface area contributed by atoms with Gasteiger partial charge in [-0.1, -0.05) is 24.3 Å². The molecule has 0 amide bonds. The van der Waals surface area contributed by atoms with Crippen molar-refractivity contribution < 1.29 is 18.7 Å². The lowest BCUT2D eigenvalue weighted by Crippen LogP contribution is -2.06. The molecule has 0 fully saturated rings. The van der Waals surface area contributed by atoms with Crippen molar-refractivity contribution in [3.05, 3.63) is 63.9 Å². The van der Waals surface area contributed by atoms with Crippen molar-refractivity contribution in [2.45, 2.75) is 13.0 Å². The zero-order chi connectivity index (χ0) is 15.2. The van der Waals surface area contributed by atoms with E-state index >= 15 is 0 Å². The molecule has 0 heterocycles. The first-order valence-corrected chi connectivity index (χ1v) is 7.11. The van der Waals surface area contributed by atoms with Crippen molar-refractivity contribution >= 4 is 21.9 Å². The lowest BCUT2D eigenvalue weighted by atomic mass is 10.1. The fourth-order valence-corrected chi connectivity index (χ4v) is 2.24. The number of carbonyl (C=O) groups is 1. The Bertz CT molecular complexity index is 643. The lowest BCUT2D eigenvalue weighted by Gasteiger charge is -2.11. The summed E-state index contributed by atoms with van der Waals surface area (Å²) in [6, 6.07) is 12.0. The largest absolute Gasteiger partial charge is 0.489 e. The number of hydrogen-bond donors (Lipinski definition) is 0. The molecule has 0 bridgehead atoms. The molecule has 0 aromatic heterocycles. The summed E-state index contributed by atoms with van der Waals surface area (Å²) in [6.07, 6.45) is 0.153. The molecule has 110 valence electrons. The number of esters is 1. The van der Waals surface area contributed by atoms with E-state index < -0.39 is 0 Å². The van der Waals surface area contributed by atoms with Crippen LogP contribution < -0.4 is 4.74 Å². The number of methoxy groups -OCH3 is 1. The summed E-state index contributed by atoms with van der Waals surface area (Å²) >= 11 is 3.14. The van der Waals surface area contributed by atoms with Crippen LogP contribution in [0.4, 0.5) is 4.39 Å². The van der Waals surface area contributed by atoms with Crippen molar-refractivity contribution in [3.8, 4) is 5.75 Å². The predicted molar refractivity (Wildman–Crippen MR) is 80.6 cm³/mol. The minimum atomic E-state index is -0.324. The van der Waals surface area contributed by atoms with Gasteiger partial charge in [-0.25, -0.2) is 4.39 Å². The quantitative estimate of drug-likeness (QED) is 0.766. The topological polar surface area (TPSA) is 35.5 Å². The third kappa shape index (κ3) is 4.29. The standard InChI is InChI=1S/C16H14BrFO3/c1-20-16(19)9-12-4-2-3-5-15(12)21-10-11-6-7-14(18)13(17)8-11/h2-8H,9-10H2,1H3. The Balaban J connectivity index is 2.09. The van der Waals surface area contributed by atoms with E-state index in [0.717, 1.165) is 11.1 Å². The first-order chi connectivity index (χ1) is 10.1. The second-order valence-corrected chi connectivity index (χ2v) is 5.25.